The first-order valence-electron chi connectivity index (χ1n) is 7.10. The molecular formula is C15H20N4O2. The molecule has 0 saturated carbocycles. The molecule has 1 amide bonds. The van der Waals surface area contributed by atoms with E-state index in [1.807, 2.05) is 24.3 Å². The van der Waals surface area contributed by atoms with Gasteiger partial charge in [-0.15, -0.1) is 10.2 Å². The fraction of sp³-hybridized carbons (Fsp3) is 0.400. The number of unbranched alkanes of at least 4 members (excludes halogenated alkanes) is 2. The Morgan fingerprint density at radius 2 is 2.05 bits per heavy atom. The zero-order valence-electron chi connectivity index (χ0n) is 12.1. The van der Waals surface area contributed by atoms with E-state index < -0.39 is 0 Å². The molecule has 6 nitrogen and oxygen atoms in total. The summed E-state index contributed by atoms with van der Waals surface area (Å²) < 4.78 is 5.42. The first-order valence-corrected chi connectivity index (χ1v) is 7.10. The van der Waals surface area contributed by atoms with E-state index in [9.17, 15) is 4.79 Å². The Morgan fingerprint density at radius 1 is 1.24 bits per heavy atom. The van der Waals surface area contributed by atoms with Crippen molar-refractivity contribution in [2.75, 3.05) is 11.9 Å². The summed E-state index contributed by atoms with van der Waals surface area (Å²) in [5.41, 5.74) is 6.85. The maximum atomic E-state index is 12.0. The Bertz CT molecular complexity index is 595. The van der Waals surface area contributed by atoms with Crippen molar-refractivity contribution < 1.29 is 9.21 Å². The maximum absolute atomic E-state index is 12.0. The standard InChI is InChI=1S/C15H20N4O2/c1-11-18-19-15(21-11)12-7-4-5-8-13(12)17-14(20)9-3-2-6-10-16/h4-5,7-8H,2-3,6,9-10,16H2,1H3,(H,17,20). The minimum atomic E-state index is -0.0179. The molecule has 6 heteroatoms. The lowest BCUT2D eigenvalue weighted by molar-refractivity contribution is -0.116. The van der Waals surface area contributed by atoms with Crippen LogP contribution in [0, 0.1) is 6.92 Å². The SMILES string of the molecule is Cc1nnc(-c2ccccc2NC(=O)CCCCCN)o1. The summed E-state index contributed by atoms with van der Waals surface area (Å²) in [5, 5.41) is 10.7. The summed E-state index contributed by atoms with van der Waals surface area (Å²) >= 11 is 0. The van der Waals surface area contributed by atoms with E-state index in [0.717, 1.165) is 24.8 Å². The molecule has 0 fully saturated rings. The Kier molecular flexibility index (Phi) is 5.45. The number of aryl methyl sites for hydroxylation is 1. The molecule has 0 unspecified atom stereocenters. The molecule has 2 rings (SSSR count). The zero-order valence-corrected chi connectivity index (χ0v) is 12.1. The second-order valence-electron chi connectivity index (χ2n) is 4.82. The summed E-state index contributed by atoms with van der Waals surface area (Å²) in [4.78, 5) is 12.0. The number of aromatic nitrogens is 2. The number of para-hydroxylation sites is 1. The number of nitrogens with one attached hydrogen (secondary N) is 1. The molecule has 3 N–H and O–H groups in total. The fourth-order valence-electron chi connectivity index (χ4n) is 2.00. The summed E-state index contributed by atoms with van der Waals surface area (Å²) in [7, 11) is 0. The average Bonchev–Trinajstić information content (AvgIpc) is 2.91. The number of carbonyl (C=O) groups excluding carboxylic acids is 1. The smallest absolute Gasteiger partial charge is 0.249 e. The van der Waals surface area contributed by atoms with E-state index in [2.05, 4.69) is 15.5 Å². The number of carbonyl (C=O) groups is 1. The van der Waals surface area contributed by atoms with Gasteiger partial charge >= 0.3 is 0 Å². The van der Waals surface area contributed by atoms with Crippen LogP contribution in [0.5, 0.6) is 0 Å². The van der Waals surface area contributed by atoms with Crippen LogP contribution in [0.25, 0.3) is 11.5 Å². The molecule has 2 aromatic rings. The molecule has 1 aromatic carbocycles. The van der Waals surface area contributed by atoms with Crippen molar-refractivity contribution in [3.05, 3.63) is 30.2 Å². The highest BCUT2D eigenvalue weighted by Gasteiger charge is 2.12. The van der Waals surface area contributed by atoms with E-state index >= 15 is 0 Å². The molecule has 112 valence electrons. The number of nitrogens with zero attached hydrogens (tertiary/aromatic N) is 2. The molecule has 0 spiro atoms. The maximum Gasteiger partial charge on any atom is 0.249 e. The van der Waals surface area contributed by atoms with Gasteiger partial charge in [0.2, 0.25) is 17.7 Å². The second kappa shape index (κ2) is 7.54. The summed E-state index contributed by atoms with van der Waals surface area (Å²) in [6.45, 7) is 2.40. The second-order valence-corrected chi connectivity index (χ2v) is 4.82. The Hall–Kier alpha value is -2.21. The van der Waals surface area contributed by atoms with Crippen LogP contribution < -0.4 is 11.1 Å². The van der Waals surface area contributed by atoms with Crippen LogP contribution >= 0.6 is 0 Å². The number of amides is 1. The van der Waals surface area contributed by atoms with Crippen LogP contribution in [0.2, 0.25) is 0 Å². The van der Waals surface area contributed by atoms with Gasteiger partial charge in [-0.3, -0.25) is 4.79 Å². The Labute approximate surface area is 123 Å². The van der Waals surface area contributed by atoms with Crippen molar-refractivity contribution in [1.82, 2.24) is 10.2 Å². The van der Waals surface area contributed by atoms with Gasteiger partial charge in [0, 0.05) is 13.3 Å². The van der Waals surface area contributed by atoms with Crippen molar-refractivity contribution >= 4 is 11.6 Å². The van der Waals surface area contributed by atoms with E-state index in [4.69, 9.17) is 10.2 Å². The van der Waals surface area contributed by atoms with Gasteiger partial charge in [0.1, 0.15) is 0 Å². The van der Waals surface area contributed by atoms with Gasteiger partial charge in [-0.2, -0.15) is 0 Å². The zero-order chi connectivity index (χ0) is 15.1. The summed E-state index contributed by atoms with van der Waals surface area (Å²) in [6, 6.07) is 7.40. The molecule has 0 saturated heterocycles. The van der Waals surface area contributed by atoms with Crippen molar-refractivity contribution in [2.45, 2.75) is 32.6 Å². The van der Waals surface area contributed by atoms with Crippen molar-refractivity contribution in [2.24, 2.45) is 5.73 Å². The van der Waals surface area contributed by atoms with E-state index in [1.165, 1.54) is 0 Å². The quantitative estimate of drug-likeness (QED) is 0.763. The largest absolute Gasteiger partial charge is 0.421 e. The minimum absolute atomic E-state index is 0.0179. The minimum Gasteiger partial charge on any atom is -0.421 e. The monoisotopic (exact) mass is 288 g/mol. The fourth-order valence-corrected chi connectivity index (χ4v) is 2.00. The molecule has 0 aliphatic rings. The van der Waals surface area contributed by atoms with Crippen molar-refractivity contribution in [3.8, 4) is 11.5 Å². The number of rotatable bonds is 7. The van der Waals surface area contributed by atoms with Crippen molar-refractivity contribution in [1.29, 1.82) is 0 Å². The van der Waals surface area contributed by atoms with Crippen LogP contribution in [-0.4, -0.2) is 22.6 Å². The third-order valence-electron chi connectivity index (χ3n) is 3.07. The number of anilines is 1. The normalized spacial score (nSPS) is 10.6. The lowest BCUT2D eigenvalue weighted by atomic mass is 10.1. The molecule has 1 heterocycles. The van der Waals surface area contributed by atoms with Gasteiger partial charge in [0.15, 0.2) is 0 Å². The molecule has 0 aliphatic heterocycles. The highest BCUT2D eigenvalue weighted by atomic mass is 16.4. The topological polar surface area (TPSA) is 94.0 Å². The number of hydrogen-bond acceptors (Lipinski definition) is 5. The van der Waals surface area contributed by atoms with Gasteiger partial charge in [0.25, 0.3) is 0 Å². The summed E-state index contributed by atoms with van der Waals surface area (Å²) in [5.74, 6) is 0.884. The lowest BCUT2D eigenvalue weighted by Gasteiger charge is -2.08. The summed E-state index contributed by atoms with van der Waals surface area (Å²) in [6.07, 6.45) is 3.24. The van der Waals surface area contributed by atoms with Gasteiger partial charge < -0.3 is 15.5 Å². The number of benzene rings is 1. The molecule has 21 heavy (non-hydrogen) atoms. The van der Waals surface area contributed by atoms with E-state index in [-0.39, 0.29) is 5.91 Å². The van der Waals surface area contributed by atoms with E-state index in [0.29, 0.717) is 30.4 Å². The van der Waals surface area contributed by atoms with Gasteiger partial charge in [-0.25, -0.2) is 0 Å². The lowest BCUT2D eigenvalue weighted by Crippen LogP contribution is -2.12. The van der Waals surface area contributed by atoms with Crippen molar-refractivity contribution in [3.63, 3.8) is 0 Å². The predicted molar refractivity (Wildman–Crippen MR) is 80.6 cm³/mol. The van der Waals surface area contributed by atoms with Crippen LogP contribution in [-0.2, 0) is 4.79 Å². The molecule has 0 radical (unpaired) electrons. The van der Waals surface area contributed by atoms with Crippen LogP contribution in [0.1, 0.15) is 31.6 Å². The number of nitrogens with two attached hydrogens (primary N) is 1. The highest BCUT2D eigenvalue weighted by molar-refractivity contribution is 5.94. The molecule has 0 bridgehead atoms. The van der Waals surface area contributed by atoms with Gasteiger partial charge in [0.05, 0.1) is 11.3 Å². The van der Waals surface area contributed by atoms with Crippen LogP contribution in [0.3, 0.4) is 0 Å². The third kappa shape index (κ3) is 4.39. The van der Waals surface area contributed by atoms with E-state index in [1.54, 1.807) is 6.92 Å². The molecular weight excluding hydrogens is 268 g/mol. The number of hydrogen-bond donors (Lipinski definition) is 2. The molecule has 0 atom stereocenters. The Morgan fingerprint density at radius 3 is 2.76 bits per heavy atom. The van der Waals surface area contributed by atoms with Gasteiger partial charge in [-0.05, 0) is 31.5 Å². The van der Waals surface area contributed by atoms with Crippen LogP contribution in [0.4, 0.5) is 5.69 Å². The molecule has 1 aromatic heterocycles. The third-order valence-corrected chi connectivity index (χ3v) is 3.07. The Balaban J connectivity index is 2.02. The first kappa shape index (κ1) is 15.2. The highest BCUT2D eigenvalue weighted by Crippen LogP contribution is 2.26. The average molecular weight is 288 g/mol. The first-order chi connectivity index (χ1) is 10.2. The predicted octanol–water partition coefficient (Wildman–Crippen LogP) is 2.50. The van der Waals surface area contributed by atoms with Crippen LogP contribution in [0.15, 0.2) is 28.7 Å². The van der Waals surface area contributed by atoms with Gasteiger partial charge in [-0.1, -0.05) is 18.6 Å². The molecule has 0 aliphatic carbocycles.